The molecule has 0 spiro atoms. The smallest absolute Gasteiger partial charge is 0.335 e. The van der Waals surface area contributed by atoms with Crippen LogP contribution in [0, 0.1) is 0 Å². The average molecular weight is 277 g/mol. The molecule has 0 saturated heterocycles. The minimum atomic E-state index is -1.000. The van der Waals surface area contributed by atoms with Gasteiger partial charge in [0, 0.05) is 6.54 Å². The van der Waals surface area contributed by atoms with Crippen LogP contribution in [0.2, 0.25) is 0 Å². The number of hydrogen-bond acceptors (Lipinski definition) is 3. The number of nitrogens with one attached hydrogen (secondary N) is 1. The Bertz CT molecular complexity index is 496. The van der Waals surface area contributed by atoms with Gasteiger partial charge in [0.2, 0.25) is 5.91 Å². The van der Waals surface area contributed by atoms with Crippen LogP contribution in [0.25, 0.3) is 0 Å². The zero-order valence-corrected chi connectivity index (χ0v) is 11.5. The molecule has 0 unspecified atom stereocenters. The van der Waals surface area contributed by atoms with E-state index in [9.17, 15) is 9.59 Å². The van der Waals surface area contributed by atoms with Crippen LogP contribution in [-0.4, -0.2) is 36.7 Å². The van der Waals surface area contributed by atoms with Gasteiger partial charge < -0.3 is 15.2 Å². The van der Waals surface area contributed by atoms with Gasteiger partial charge in [0.1, 0.15) is 0 Å². The summed E-state index contributed by atoms with van der Waals surface area (Å²) in [7, 11) is 0. The fourth-order valence-corrected chi connectivity index (χ4v) is 1.57. The molecule has 0 atom stereocenters. The Hall–Kier alpha value is -2.14. The van der Waals surface area contributed by atoms with Gasteiger partial charge in [-0.25, -0.2) is 4.79 Å². The summed E-state index contributed by atoms with van der Waals surface area (Å²) in [6.45, 7) is 6.90. The number of rotatable bonds is 8. The van der Waals surface area contributed by atoms with Crippen molar-refractivity contribution >= 4 is 11.9 Å². The van der Waals surface area contributed by atoms with Crippen LogP contribution in [0.4, 0.5) is 0 Å². The topological polar surface area (TPSA) is 75.6 Å². The lowest BCUT2D eigenvalue weighted by atomic mass is 10.1. The molecule has 108 valence electrons. The zero-order chi connectivity index (χ0) is 15.0. The van der Waals surface area contributed by atoms with Gasteiger partial charge >= 0.3 is 5.97 Å². The molecule has 1 rings (SSSR count). The third kappa shape index (κ3) is 6.15. The Morgan fingerprint density at radius 1 is 1.40 bits per heavy atom. The van der Waals surface area contributed by atoms with Crippen LogP contribution in [0.1, 0.15) is 22.8 Å². The molecule has 1 aromatic rings. The molecule has 0 saturated carbocycles. The molecule has 0 aromatic heterocycles. The van der Waals surface area contributed by atoms with Gasteiger partial charge in [0.15, 0.2) is 0 Å². The van der Waals surface area contributed by atoms with Crippen molar-refractivity contribution in [2.24, 2.45) is 0 Å². The molecule has 2 N–H and O–H groups in total. The van der Waals surface area contributed by atoms with E-state index in [0.29, 0.717) is 25.3 Å². The Balaban J connectivity index is 2.33. The lowest BCUT2D eigenvalue weighted by Gasteiger charge is -2.07. The zero-order valence-electron chi connectivity index (χ0n) is 11.5. The summed E-state index contributed by atoms with van der Waals surface area (Å²) >= 11 is 0. The van der Waals surface area contributed by atoms with Crippen molar-refractivity contribution in [3.8, 4) is 0 Å². The minimum absolute atomic E-state index is 0.154. The van der Waals surface area contributed by atoms with E-state index in [0.717, 1.165) is 5.57 Å². The van der Waals surface area contributed by atoms with Gasteiger partial charge in [-0.3, -0.25) is 4.79 Å². The predicted molar refractivity (Wildman–Crippen MR) is 75.7 cm³/mol. The third-order valence-electron chi connectivity index (χ3n) is 2.46. The average Bonchev–Trinajstić information content (AvgIpc) is 2.38. The van der Waals surface area contributed by atoms with Crippen molar-refractivity contribution in [1.29, 1.82) is 0 Å². The first-order chi connectivity index (χ1) is 9.49. The molecular formula is C15H19NO4. The summed E-state index contributed by atoms with van der Waals surface area (Å²) in [5.41, 5.74) is 1.78. The quantitative estimate of drug-likeness (QED) is 0.559. The normalized spacial score (nSPS) is 10.1. The third-order valence-corrected chi connectivity index (χ3v) is 2.46. The first-order valence-electron chi connectivity index (χ1n) is 6.30. The van der Waals surface area contributed by atoms with E-state index in [1.807, 2.05) is 6.92 Å². The van der Waals surface area contributed by atoms with Gasteiger partial charge in [-0.15, -0.1) is 0 Å². The van der Waals surface area contributed by atoms with Crippen molar-refractivity contribution in [3.05, 3.63) is 47.5 Å². The summed E-state index contributed by atoms with van der Waals surface area (Å²) in [4.78, 5) is 22.5. The Morgan fingerprint density at radius 3 is 2.80 bits per heavy atom. The minimum Gasteiger partial charge on any atom is -0.478 e. The van der Waals surface area contributed by atoms with E-state index < -0.39 is 5.97 Å². The van der Waals surface area contributed by atoms with Crippen molar-refractivity contribution in [3.63, 3.8) is 0 Å². The van der Waals surface area contributed by atoms with Crippen LogP contribution in [0.15, 0.2) is 36.4 Å². The van der Waals surface area contributed by atoms with E-state index in [-0.39, 0.29) is 17.9 Å². The first-order valence-corrected chi connectivity index (χ1v) is 6.30. The van der Waals surface area contributed by atoms with Crippen molar-refractivity contribution in [2.45, 2.75) is 13.3 Å². The predicted octanol–water partition coefficient (Wildman–Crippen LogP) is 1.64. The molecule has 0 aliphatic rings. The van der Waals surface area contributed by atoms with Crippen LogP contribution >= 0.6 is 0 Å². The summed E-state index contributed by atoms with van der Waals surface area (Å²) < 4.78 is 5.25. The second kappa shape index (κ2) is 8.12. The van der Waals surface area contributed by atoms with Crippen LogP contribution in [0.3, 0.4) is 0 Å². The van der Waals surface area contributed by atoms with Gasteiger partial charge in [-0.05, 0) is 24.6 Å². The van der Waals surface area contributed by atoms with E-state index >= 15 is 0 Å². The molecule has 1 aromatic carbocycles. The summed E-state index contributed by atoms with van der Waals surface area (Å²) in [5.74, 6) is -1.16. The fraction of sp³-hybridized carbons (Fsp3) is 0.333. The number of carbonyl (C=O) groups is 2. The number of carboxylic acid groups (broad SMARTS) is 1. The maximum absolute atomic E-state index is 11.7. The van der Waals surface area contributed by atoms with Crippen LogP contribution in [0.5, 0.6) is 0 Å². The van der Waals surface area contributed by atoms with E-state index in [1.54, 1.807) is 12.1 Å². The van der Waals surface area contributed by atoms with Gasteiger partial charge in [-0.1, -0.05) is 24.3 Å². The highest BCUT2D eigenvalue weighted by molar-refractivity contribution is 5.88. The highest BCUT2D eigenvalue weighted by Crippen LogP contribution is 2.06. The number of carbonyl (C=O) groups excluding carboxylic acids is 1. The number of aromatic carboxylic acids is 1. The molecular weight excluding hydrogens is 258 g/mol. The largest absolute Gasteiger partial charge is 0.478 e. The van der Waals surface area contributed by atoms with Gasteiger partial charge in [-0.2, -0.15) is 0 Å². The van der Waals surface area contributed by atoms with Crippen LogP contribution in [-0.2, 0) is 16.0 Å². The van der Waals surface area contributed by atoms with Crippen molar-refractivity contribution in [1.82, 2.24) is 5.32 Å². The summed E-state index contributed by atoms with van der Waals surface area (Å²) in [5, 5.41) is 11.6. The number of carboxylic acids is 1. The molecule has 0 aliphatic heterocycles. The van der Waals surface area contributed by atoms with E-state index in [2.05, 4.69) is 11.9 Å². The van der Waals surface area contributed by atoms with Crippen LogP contribution < -0.4 is 5.32 Å². The maximum atomic E-state index is 11.7. The Morgan fingerprint density at radius 2 is 2.15 bits per heavy atom. The monoisotopic (exact) mass is 277 g/mol. The van der Waals surface area contributed by atoms with Gasteiger partial charge in [0.25, 0.3) is 0 Å². The van der Waals surface area contributed by atoms with E-state index in [4.69, 9.17) is 9.84 Å². The molecule has 20 heavy (non-hydrogen) atoms. The summed E-state index contributed by atoms with van der Waals surface area (Å²) in [6, 6.07) is 6.35. The molecule has 5 heteroatoms. The molecule has 0 radical (unpaired) electrons. The van der Waals surface area contributed by atoms with E-state index in [1.165, 1.54) is 12.1 Å². The Labute approximate surface area is 118 Å². The van der Waals surface area contributed by atoms with Crippen molar-refractivity contribution in [2.75, 3.05) is 19.8 Å². The fourth-order valence-electron chi connectivity index (χ4n) is 1.57. The standard InChI is InChI=1S/C15H19NO4/c1-11(2)10-20-7-6-16-14(17)9-12-4-3-5-13(8-12)15(18)19/h3-5,8H,1,6-7,9-10H2,2H3,(H,16,17)(H,18,19). The molecule has 0 aliphatic carbocycles. The highest BCUT2D eigenvalue weighted by Gasteiger charge is 2.06. The number of ether oxygens (including phenoxy) is 1. The van der Waals surface area contributed by atoms with Crippen molar-refractivity contribution < 1.29 is 19.4 Å². The second-order valence-corrected chi connectivity index (χ2v) is 4.54. The maximum Gasteiger partial charge on any atom is 0.335 e. The number of amides is 1. The summed E-state index contributed by atoms with van der Waals surface area (Å²) in [6.07, 6.45) is 0.154. The molecule has 0 fully saturated rings. The molecule has 1 amide bonds. The Kier molecular flexibility index (Phi) is 6.46. The molecule has 5 nitrogen and oxygen atoms in total. The molecule has 0 bridgehead atoms. The number of hydrogen-bond donors (Lipinski definition) is 2. The lowest BCUT2D eigenvalue weighted by Crippen LogP contribution is -2.28. The highest BCUT2D eigenvalue weighted by atomic mass is 16.5. The first kappa shape index (κ1) is 15.9. The SMILES string of the molecule is C=C(C)COCCNC(=O)Cc1cccc(C(=O)O)c1. The molecule has 0 heterocycles. The van der Waals surface area contributed by atoms with Gasteiger partial charge in [0.05, 0.1) is 25.2 Å². The number of benzene rings is 1. The second-order valence-electron chi connectivity index (χ2n) is 4.54. The lowest BCUT2D eigenvalue weighted by molar-refractivity contribution is -0.120.